The maximum atomic E-state index is 13.4. The van der Waals surface area contributed by atoms with Crippen molar-refractivity contribution < 1.29 is 45.3 Å². The average molecular weight is 598 g/mol. The van der Waals surface area contributed by atoms with Gasteiger partial charge in [0.2, 0.25) is 0 Å². The molecule has 1 aliphatic rings. The third-order valence-corrected chi connectivity index (χ3v) is 6.80. The Morgan fingerprint density at radius 3 is 2.02 bits per heavy atom. The quantitative estimate of drug-likeness (QED) is 0.251. The number of hydrogen-bond acceptors (Lipinski definition) is 5. The number of methoxy groups -OCH3 is 1. The van der Waals surface area contributed by atoms with Crippen LogP contribution in [-0.4, -0.2) is 24.9 Å². The average Bonchev–Trinajstić information content (AvgIpc) is 2.90. The molecule has 3 aromatic carbocycles. The van der Waals surface area contributed by atoms with Crippen molar-refractivity contribution in [2.75, 3.05) is 12.4 Å². The molecule has 0 amide bonds. The van der Waals surface area contributed by atoms with Gasteiger partial charge in [-0.15, -0.1) is 0 Å². The van der Waals surface area contributed by atoms with Crippen LogP contribution in [0.2, 0.25) is 0 Å². The predicted octanol–water partition coefficient (Wildman–Crippen LogP) is 8.57. The van der Waals surface area contributed by atoms with E-state index in [4.69, 9.17) is 18.9 Å². The number of rotatable bonds is 9. The second-order valence-electron chi connectivity index (χ2n) is 10.9. The van der Waals surface area contributed by atoms with E-state index in [0.29, 0.717) is 30.0 Å². The highest BCUT2D eigenvalue weighted by atomic mass is 19.4. The van der Waals surface area contributed by atoms with Crippen molar-refractivity contribution in [2.45, 2.75) is 77.1 Å². The Labute approximate surface area is 240 Å². The van der Waals surface area contributed by atoms with Gasteiger partial charge in [-0.05, 0) is 87.4 Å². The molecule has 11 heteroatoms. The number of nitrogens with one attached hydrogen (secondary N) is 1. The van der Waals surface area contributed by atoms with Gasteiger partial charge in [-0.3, -0.25) is 0 Å². The van der Waals surface area contributed by atoms with Crippen LogP contribution in [0, 0.1) is 0 Å². The van der Waals surface area contributed by atoms with Gasteiger partial charge >= 0.3 is 12.4 Å². The Bertz CT molecular complexity index is 1340. The van der Waals surface area contributed by atoms with Crippen LogP contribution in [0.4, 0.5) is 32.0 Å². The summed E-state index contributed by atoms with van der Waals surface area (Å²) in [6.07, 6.45) is -11.8. The number of fused-ring (bicyclic) bond motifs is 1. The van der Waals surface area contributed by atoms with Crippen LogP contribution in [-0.2, 0) is 35.0 Å². The van der Waals surface area contributed by atoms with Crippen molar-refractivity contribution in [2.24, 2.45) is 0 Å². The predicted molar refractivity (Wildman–Crippen MR) is 145 cm³/mol. The number of ether oxygens (including phenoxy) is 4. The molecule has 2 unspecified atom stereocenters. The van der Waals surface area contributed by atoms with E-state index >= 15 is 0 Å². The highest BCUT2D eigenvalue weighted by Gasteiger charge is 2.46. The molecule has 42 heavy (non-hydrogen) atoms. The molecule has 0 fully saturated rings. The first-order valence-electron chi connectivity index (χ1n) is 13.3. The van der Waals surface area contributed by atoms with Gasteiger partial charge in [0, 0.05) is 17.8 Å². The van der Waals surface area contributed by atoms with E-state index < -0.39 is 47.9 Å². The first-order valence-corrected chi connectivity index (χ1v) is 13.3. The lowest BCUT2D eigenvalue weighted by Gasteiger charge is -2.45. The van der Waals surface area contributed by atoms with Gasteiger partial charge in [-0.1, -0.05) is 12.1 Å². The summed E-state index contributed by atoms with van der Waals surface area (Å²) in [6, 6.07) is 14.5. The third kappa shape index (κ3) is 7.49. The summed E-state index contributed by atoms with van der Waals surface area (Å²) >= 11 is 0. The van der Waals surface area contributed by atoms with Gasteiger partial charge in [0.15, 0.2) is 0 Å². The number of halogens is 6. The minimum atomic E-state index is -4.96. The maximum absolute atomic E-state index is 13.4. The highest BCUT2D eigenvalue weighted by Crippen LogP contribution is 2.45. The molecule has 5 nitrogen and oxygen atoms in total. The highest BCUT2D eigenvalue weighted by molar-refractivity contribution is 5.54. The Kier molecular flexibility index (Phi) is 9.03. The second kappa shape index (κ2) is 12.0. The van der Waals surface area contributed by atoms with E-state index in [-0.39, 0.29) is 17.7 Å². The lowest BCUT2D eigenvalue weighted by atomic mass is 9.87. The molecule has 0 aromatic heterocycles. The molecule has 0 saturated carbocycles. The van der Waals surface area contributed by atoms with Gasteiger partial charge in [-0.2, -0.15) is 26.3 Å². The summed E-state index contributed by atoms with van der Waals surface area (Å²) in [5.41, 5.74) is -1.67. The fourth-order valence-corrected chi connectivity index (χ4v) is 4.80. The molecule has 1 N–H and O–H groups in total. The second-order valence-corrected chi connectivity index (χ2v) is 10.9. The molecule has 4 rings (SSSR count). The normalized spacial score (nSPS) is 18.4. The zero-order valence-corrected chi connectivity index (χ0v) is 23.8. The van der Waals surface area contributed by atoms with Crippen molar-refractivity contribution in [3.63, 3.8) is 0 Å². The van der Waals surface area contributed by atoms with Crippen LogP contribution >= 0.6 is 0 Å². The smallest absolute Gasteiger partial charge is 0.416 e. The maximum Gasteiger partial charge on any atom is 0.416 e. The largest absolute Gasteiger partial charge is 0.497 e. The Morgan fingerprint density at radius 1 is 0.857 bits per heavy atom. The summed E-state index contributed by atoms with van der Waals surface area (Å²) in [5.74, 6) is 1.28. The molecule has 1 heterocycles. The van der Waals surface area contributed by atoms with Crippen molar-refractivity contribution in [1.82, 2.24) is 0 Å². The summed E-state index contributed by atoms with van der Waals surface area (Å²) in [7, 11) is 1.59. The van der Waals surface area contributed by atoms with Gasteiger partial charge < -0.3 is 24.3 Å². The number of hydrogen-bond donors (Lipinski definition) is 1. The van der Waals surface area contributed by atoms with E-state index in [0.717, 1.165) is 17.0 Å². The van der Waals surface area contributed by atoms with Crippen molar-refractivity contribution >= 4 is 5.69 Å². The molecular formula is C31H33F6NO4. The van der Waals surface area contributed by atoms with Crippen LogP contribution in [0.25, 0.3) is 0 Å². The summed E-state index contributed by atoms with van der Waals surface area (Å²) in [6.45, 7) is 7.12. The fourth-order valence-electron chi connectivity index (χ4n) is 4.80. The first-order chi connectivity index (χ1) is 19.6. The molecule has 3 aromatic rings. The minimum Gasteiger partial charge on any atom is -0.497 e. The lowest BCUT2D eigenvalue weighted by Crippen LogP contribution is -2.51. The summed E-state index contributed by atoms with van der Waals surface area (Å²) in [4.78, 5) is 0. The molecule has 0 radical (unpaired) electrons. The summed E-state index contributed by atoms with van der Waals surface area (Å²) in [5, 5.41) is 3.35. The third-order valence-electron chi connectivity index (χ3n) is 6.80. The Hall–Kier alpha value is -3.44. The molecule has 0 spiro atoms. The lowest BCUT2D eigenvalue weighted by molar-refractivity contribution is -0.177. The van der Waals surface area contributed by atoms with Gasteiger partial charge in [0.1, 0.15) is 29.3 Å². The number of anilines is 1. The molecule has 228 valence electrons. The van der Waals surface area contributed by atoms with E-state index in [1.54, 1.807) is 27.0 Å². The molecule has 0 bridgehead atoms. The van der Waals surface area contributed by atoms with Gasteiger partial charge in [-0.25, -0.2) is 0 Å². The van der Waals surface area contributed by atoms with E-state index in [2.05, 4.69) is 5.32 Å². The molecule has 0 saturated heterocycles. The van der Waals surface area contributed by atoms with Crippen LogP contribution in [0.3, 0.4) is 0 Å². The summed E-state index contributed by atoms with van der Waals surface area (Å²) < 4.78 is 104. The zero-order chi connectivity index (χ0) is 30.9. The van der Waals surface area contributed by atoms with E-state index in [1.807, 2.05) is 50.2 Å². The van der Waals surface area contributed by atoms with Crippen molar-refractivity contribution in [3.8, 4) is 11.5 Å². The van der Waals surface area contributed by atoms with Crippen molar-refractivity contribution in [1.29, 1.82) is 0 Å². The molecule has 1 aliphatic heterocycles. The Morgan fingerprint density at radius 2 is 1.48 bits per heavy atom. The van der Waals surface area contributed by atoms with E-state index in [1.165, 1.54) is 0 Å². The zero-order valence-electron chi connectivity index (χ0n) is 23.8. The van der Waals surface area contributed by atoms with Gasteiger partial charge in [0.25, 0.3) is 0 Å². The number of benzene rings is 3. The number of alkyl halides is 6. The SMILES string of the molecule is COc1ccc(CNc2ccc3c(c2)C(OC(C)C)C(OCc2cc(C(F)(F)F)cc(C(F)(F)F)c2)C(C)(C)O3)cc1. The van der Waals surface area contributed by atoms with Crippen LogP contribution in [0.15, 0.2) is 60.7 Å². The molecule has 2 atom stereocenters. The molecular weight excluding hydrogens is 564 g/mol. The standard InChI is InChI=1S/C31H33F6NO4/c1-18(2)41-27-25-15-23(38-16-19-6-9-24(39-5)10-7-19)8-11-26(25)42-29(3,4)28(27)40-17-20-12-21(30(32,33)34)14-22(13-20)31(35,36)37/h6-15,18,27-28,38H,16-17H2,1-5H3. The monoisotopic (exact) mass is 597 g/mol. The molecule has 0 aliphatic carbocycles. The first kappa shape index (κ1) is 31.5. The van der Waals surface area contributed by atoms with E-state index in [9.17, 15) is 26.3 Å². The Balaban J connectivity index is 1.61. The fraction of sp³-hybridized carbons (Fsp3) is 0.419. The van der Waals surface area contributed by atoms with Crippen LogP contribution in [0.5, 0.6) is 11.5 Å². The minimum absolute atomic E-state index is 0.0958. The topological polar surface area (TPSA) is 49.0 Å². The van der Waals surface area contributed by atoms with Crippen LogP contribution in [0.1, 0.15) is 61.6 Å². The van der Waals surface area contributed by atoms with Crippen LogP contribution < -0.4 is 14.8 Å². The van der Waals surface area contributed by atoms with Gasteiger partial charge in [0.05, 0.1) is 30.9 Å². The van der Waals surface area contributed by atoms with Crippen molar-refractivity contribution in [3.05, 3.63) is 88.5 Å².